The third-order valence-corrected chi connectivity index (χ3v) is 3.85. The lowest BCUT2D eigenvalue weighted by Crippen LogP contribution is -2.23. The van der Waals surface area contributed by atoms with Gasteiger partial charge in [-0.1, -0.05) is 78.9 Å². The topological polar surface area (TPSA) is 3.24 Å². The summed E-state index contributed by atoms with van der Waals surface area (Å²) in [6, 6.07) is 27.6. The van der Waals surface area contributed by atoms with Crippen molar-refractivity contribution in [3.05, 3.63) is 107 Å². The summed E-state index contributed by atoms with van der Waals surface area (Å²) in [5.41, 5.74) is 3.21. The maximum absolute atomic E-state index is 14.0. The van der Waals surface area contributed by atoms with Crippen LogP contribution in [0.1, 0.15) is 16.7 Å². The second-order valence-corrected chi connectivity index (χ2v) is 5.71. The van der Waals surface area contributed by atoms with Gasteiger partial charge in [0, 0.05) is 25.2 Å². The fourth-order valence-corrected chi connectivity index (χ4v) is 2.72. The maximum atomic E-state index is 14.0. The molecule has 0 spiro atoms. The Morgan fingerprint density at radius 3 is 1.57 bits per heavy atom. The van der Waals surface area contributed by atoms with Crippen LogP contribution >= 0.6 is 0 Å². The van der Waals surface area contributed by atoms with Crippen LogP contribution in [0.3, 0.4) is 0 Å². The van der Waals surface area contributed by atoms with Gasteiger partial charge in [0.15, 0.2) is 0 Å². The van der Waals surface area contributed by atoms with Crippen LogP contribution in [0, 0.1) is 5.82 Å². The molecule has 0 bridgehead atoms. The molecule has 0 aliphatic rings. The largest absolute Gasteiger partial charge is 0.290 e. The van der Waals surface area contributed by atoms with Crippen molar-refractivity contribution in [2.45, 2.75) is 19.6 Å². The molecule has 3 rings (SSSR count). The molecule has 0 aromatic heterocycles. The minimum Gasteiger partial charge on any atom is -0.290 e. The van der Waals surface area contributed by atoms with Crippen LogP contribution in [0.15, 0.2) is 84.9 Å². The Hall–Kier alpha value is -2.45. The first kappa shape index (κ1) is 15.4. The average molecular weight is 305 g/mol. The molecule has 2 heteroatoms. The normalized spacial score (nSPS) is 10.9. The summed E-state index contributed by atoms with van der Waals surface area (Å²) < 4.78 is 14.0. The van der Waals surface area contributed by atoms with E-state index in [1.807, 2.05) is 48.5 Å². The number of halogens is 1. The number of benzene rings is 3. The third kappa shape index (κ3) is 4.51. The zero-order valence-electron chi connectivity index (χ0n) is 13.0. The van der Waals surface area contributed by atoms with Crippen LogP contribution in [0.4, 0.5) is 4.39 Å². The van der Waals surface area contributed by atoms with Crippen LogP contribution in [0.5, 0.6) is 0 Å². The Morgan fingerprint density at radius 1 is 0.565 bits per heavy atom. The smallest absolute Gasteiger partial charge is 0.127 e. The van der Waals surface area contributed by atoms with Crippen molar-refractivity contribution >= 4 is 0 Å². The SMILES string of the molecule is Fc1ccccc1CN(Cc1ccccc1)Cc1ccccc1. The van der Waals surface area contributed by atoms with Crippen molar-refractivity contribution in [1.82, 2.24) is 4.90 Å². The number of hydrogen-bond acceptors (Lipinski definition) is 1. The van der Waals surface area contributed by atoms with E-state index in [2.05, 4.69) is 29.2 Å². The highest BCUT2D eigenvalue weighted by molar-refractivity contribution is 5.20. The quantitative estimate of drug-likeness (QED) is 0.617. The van der Waals surface area contributed by atoms with E-state index in [0.717, 1.165) is 18.7 Å². The molecule has 0 fully saturated rings. The van der Waals surface area contributed by atoms with E-state index < -0.39 is 0 Å². The fraction of sp³-hybridized carbons (Fsp3) is 0.143. The van der Waals surface area contributed by atoms with Gasteiger partial charge in [-0.05, 0) is 17.2 Å². The average Bonchev–Trinajstić information content (AvgIpc) is 2.59. The summed E-state index contributed by atoms with van der Waals surface area (Å²) in [7, 11) is 0. The van der Waals surface area contributed by atoms with Crippen LogP contribution < -0.4 is 0 Å². The summed E-state index contributed by atoms with van der Waals surface area (Å²) in [5, 5.41) is 0. The highest BCUT2D eigenvalue weighted by Gasteiger charge is 2.10. The lowest BCUT2D eigenvalue weighted by atomic mass is 10.1. The number of nitrogens with zero attached hydrogens (tertiary/aromatic N) is 1. The van der Waals surface area contributed by atoms with Gasteiger partial charge < -0.3 is 0 Å². The Labute approximate surface area is 137 Å². The molecule has 0 saturated carbocycles. The van der Waals surface area contributed by atoms with Gasteiger partial charge in [0.2, 0.25) is 0 Å². The molecule has 1 nitrogen and oxygen atoms in total. The predicted octanol–water partition coefficient (Wildman–Crippen LogP) is 5.03. The maximum Gasteiger partial charge on any atom is 0.127 e. The summed E-state index contributed by atoms with van der Waals surface area (Å²) in [6.45, 7) is 2.19. The first-order chi connectivity index (χ1) is 11.3. The predicted molar refractivity (Wildman–Crippen MR) is 92.2 cm³/mol. The molecule has 0 N–H and O–H groups in total. The zero-order valence-corrected chi connectivity index (χ0v) is 13.0. The molecule has 3 aromatic carbocycles. The molecule has 0 unspecified atom stereocenters. The van der Waals surface area contributed by atoms with Gasteiger partial charge >= 0.3 is 0 Å². The third-order valence-electron chi connectivity index (χ3n) is 3.85. The van der Waals surface area contributed by atoms with E-state index in [4.69, 9.17) is 0 Å². The summed E-state index contributed by atoms with van der Waals surface area (Å²) in [5.74, 6) is -0.140. The standard InChI is InChI=1S/C21H20FN/c22-21-14-8-7-13-20(21)17-23(15-18-9-3-1-4-10-18)16-19-11-5-2-6-12-19/h1-14H,15-17H2. The zero-order chi connectivity index (χ0) is 15.9. The van der Waals surface area contributed by atoms with Crippen molar-refractivity contribution in [2.24, 2.45) is 0 Å². The van der Waals surface area contributed by atoms with Crippen LogP contribution in [-0.2, 0) is 19.6 Å². The molecule has 0 saturated heterocycles. The van der Waals surface area contributed by atoms with E-state index in [1.165, 1.54) is 17.2 Å². The van der Waals surface area contributed by atoms with E-state index in [-0.39, 0.29) is 5.82 Å². The number of rotatable bonds is 6. The molecular weight excluding hydrogens is 285 g/mol. The lowest BCUT2D eigenvalue weighted by molar-refractivity contribution is 0.244. The Balaban J connectivity index is 1.79. The second kappa shape index (κ2) is 7.70. The van der Waals surface area contributed by atoms with Gasteiger partial charge in [-0.15, -0.1) is 0 Å². The molecule has 0 amide bonds. The van der Waals surface area contributed by atoms with Crippen LogP contribution in [-0.4, -0.2) is 4.90 Å². The second-order valence-electron chi connectivity index (χ2n) is 5.71. The Morgan fingerprint density at radius 2 is 1.04 bits per heavy atom. The summed E-state index contributed by atoms with van der Waals surface area (Å²) in [4.78, 5) is 2.27. The van der Waals surface area contributed by atoms with Gasteiger partial charge in [-0.3, -0.25) is 4.90 Å². The van der Waals surface area contributed by atoms with Crippen molar-refractivity contribution in [3.63, 3.8) is 0 Å². The molecule has 0 radical (unpaired) electrons. The van der Waals surface area contributed by atoms with Crippen LogP contribution in [0.2, 0.25) is 0 Å². The molecule has 0 aliphatic heterocycles. The van der Waals surface area contributed by atoms with Crippen molar-refractivity contribution in [1.29, 1.82) is 0 Å². The highest BCUT2D eigenvalue weighted by atomic mass is 19.1. The first-order valence-corrected chi connectivity index (χ1v) is 7.85. The van der Waals surface area contributed by atoms with Gasteiger partial charge in [0.1, 0.15) is 5.82 Å². The minimum absolute atomic E-state index is 0.140. The fourth-order valence-electron chi connectivity index (χ4n) is 2.72. The van der Waals surface area contributed by atoms with Gasteiger partial charge in [0.05, 0.1) is 0 Å². The first-order valence-electron chi connectivity index (χ1n) is 7.85. The van der Waals surface area contributed by atoms with Crippen molar-refractivity contribution in [2.75, 3.05) is 0 Å². The lowest BCUT2D eigenvalue weighted by Gasteiger charge is -2.23. The van der Waals surface area contributed by atoms with Gasteiger partial charge in [-0.2, -0.15) is 0 Å². The van der Waals surface area contributed by atoms with Crippen molar-refractivity contribution < 1.29 is 4.39 Å². The Kier molecular flexibility index (Phi) is 5.17. The van der Waals surface area contributed by atoms with Gasteiger partial charge in [0.25, 0.3) is 0 Å². The summed E-state index contributed by atoms with van der Waals surface area (Å²) in [6.07, 6.45) is 0. The van der Waals surface area contributed by atoms with E-state index >= 15 is 0 Å². The van der Waals surface area contributed by atoms with Crippen molar-refractivity contribution in [3.8, 4) is 0 Å². The number of hydrogen-bond donors (Lipinski definition) is 0. The Bertz CT molecular complexity index is 684. The molecule has 0 atom stereocenters. The molecule has 0 heterocycles. The molecule has 23 heavy (non-hydrogen) atoms. The minimum atomic E-state index is -0.140. The summed E-state index contributed by atoms with van der Waals surface area (Å²) >= 11 is 0. The van der Waals surface area contributed by atoms with E-state index in [9.17, 15) is 4.39 Å². The highest BCUT2D eigenvalue weighted by Crippen LogP contribution is 2.16. The molecule has 0 aliphatic carbocycles. The molecule has 116 valence electrons. The monoisotopic (exact) mass is 305 g/mol. The molecular formula is C21H20FN. The van der Waals surface area contributed by atoms with Gasteiger partial charge in [-0.25, -0.2) is 4.39 Å². The molecule has 3 aromatic rings. The van der Waals surface area contributed by atoms with E-state index in [1.54, 1.807) is 6.07 Å². The van der Waals surface area contributed by atoms with Crippen LogP contribution in [0.25, 0.3) is 0 Å². The van der Waals surface area contributed by atoms with E-state index in [0.29, 0.717) is 6.54 Å².